The molecule has 0 radical (unpaired) electrons. The van der Waals surface area contributed by atoms with Crippen LogP contribution < -0.4 is 0 Å². The quantitative estimate of drug-likeness (QED) is 0.703. The summed E-state index contributed by atoms with van der Waals surface area (Å²) in [6.07, 6.45) is 2.58. The average Bonchev–Trinajstić information content (AvgIpc) is 2.23. The minimum absolute atomic E-state index is 0.385. The molecule has 0 aromatic carbocycles. The first kappa shape index (κ1) is 17.9. The van der Waals surface area contributed by atoms with E-state index in [-0.39, 0.29) is 0 Å². The Kier molecular flexibility index (Phi) is 7.08. The zero-order valence-electron chi connectivity index (χ0n) is 10.0. The smallest absolute Gasteiger partial charge is 0.285 e. The van der Waals surface area contributed by atoms with Crippen LogP contribution in [0.5, 0.6) is 0 Å². The third kappa shape index (κ3) is 9.50. The lowest BCUT2D eigenvalue weighted by Crippen LogP contribution is -2.13. The number of nitrogens with zero attached hydrogens (tertiary/aromatic N) is 1. The molecule has 0 bridgehead atoms. The fourth-order valence-corrected chi connectivity index (χ4v) is 2.26. The van der Waals surface area contributed by atoms with Gasteiger partial charge in [0.1, 0.15) is 5.25 Å². The monoisotopic (exact) mass is 313 g/mol. The summed E-state index contributed by atoms with van der Waals surface area (Å²) >= 11 is 0. The Hall–Kier alpha value is -1.07. The van der Waals surface area contributed by atoms with Crippen molar-refractivity contribution in [3.05, 3.63) is 30.1 Å². The van der Waals surface area contributed by atoms with E-state index in [4.69, 9.17) is 22.1 Å². The molecular formula is C9H15NO7S2. The molecule has 1 heterocycles. The zero-order chi connectivity index (χ0) is 15.1. The molecule has 0 aliphatic rings. The van der Waals surface area contributed by atoms with E-state index in [1.165, 1.54) is 6.20 Å². The van der Waals surface area contributed by atoms with Crippen LogP contribution in [0.25, 0.3) is 0 Å². The number of pyridine rings is 1. The Bertz CT molecular complexity index is 560. The van der Waals surface area contributed by atoms with Crippen LogP contribution in [0.3, 0.4) is 0 Å². The third-order valence-corrected chi connectivity index (χ3v) is 3.12. The first-order valence-corrected chi connectivity index (χ1v) is 8.02. The summed E-state index contributed by atoms with van der Waals surface area (Å²) in [6, 6.07) is 5.01. The van der Waals surface area contributed by atoms with Crippen LogP contribution in [0.1, 0.15) is 30.7 Å². The molecule has 10 heteroatoms. The molecule has 1 rings (SSSR count). The predicted molar refractivity (Wildman–Crippen MR) is 67.6 cm³/mol. The van der Waals surface area contributed by atoms with Crippen molar-refractivity contribution < 1.29 is 30.5 Å². The average molecular weight is 313 g/mol. The Labute approximate surface area is 111 Å². The van der Waals surface area contributed by atoms with Crippen LogP contribution in [0.4, 0.5) is 0 Å². The maximum Gasteiger partial charge on any atom is 0.394 e. The fourth-order valence-electron chi connectivity index (χ4n) is 1.28. The largest absolute Gasteiger partial charge is 0.394 e. The first-order chi connectivity index (χ1) is 8.55. The van der Waals surface area contributed by atoms with E-state index in [0.717, 1.165) is 0 Å². The highest BCUT2D eigenvalue weighted by Gasteiger charge is 2.24. The second-order valence-corrected chi connectivity index (χ2v) is 5.99. The van der Waals surface area contributed by atoms with Crippen LogP contribution in [0, 0.1) is 0 Å². The first-order valence-electron chi connectivity index (χ1n) is 5.12. The maximum atomic E-state index is 11.0. The summed E-state index contributed by atoms with van der Waals surface area (Å²) in [5.74, 6) is 0. The van der Waals surface area contributed by atoms with Crippen molar-refractivity contribution >= 4 is 20.5 Å². The number of rotatable bonds is 4. The van der Waals surface area contributed by atoms with Gasteiger partial charge < -0.3 is 0 Å². The lowest BCUT2D eigenvalue weighted by Gasteiger charge is -2.11. The van der Waals surface area contributed by atoms with E-state index in [1.54, 1.807) is 18.2 Å². The Balaban J connectivity index is 0.000000555. The van der Waals surface area contributed by atoms with E-state index in [2.05, 4.69) is 4.98 Å². The molecule has 1 aromatic rings. The maximum absolute atomic E-state index is 11.0. The van der Waals surface area contributed by atoms with Crippen LogP contribution in [0.2, 0.25) is 0 Å². The Morgan fingerprint density at radius 2 is 1.68 bits per heavy atom. The van der Waals surface area contributed by atoms with Gasteiger partial charge >= 0.3 is 10.4 Å². The lowest BCUT2D eigenvalue weighted by molar-refractivity contribution is 0.381. The van der Waals surface area contributed by atoms with Crippen molar-refractivity contribution in [1.82, 2.24) is 4.98 Å². The minimum Gasteiger partial charge on any atom is -0.285 e. The van der Waals surface area contributed by atoms with Gasteiger partial charge in [0, 0.05) is 6.20 Å². The van der Waals surface area contributed by atoms with E-state index in [1.807, 2.05) is 6.92 Å². The highest BCUT2D eigenvalue weighted by atomic mass is 32.3. The van der Waals surface area contributed by atoms with E-state index in [9.17, 15) is 8.42 Å². The van der Waals surface area contributed by atoms with E-state index in [0.29, 0.717) is 18.5 Å². The van der Waals surface area contributed by atoms with Gasteiger partial charge in [-0.15, -0.1) is 0 Å². The van der Waals surface area contributed by atoms with Crippen molar-refractivity contribution in [2.75, 3.05) is 0 Å². The van der Waals surface area contributed by atoms with Crippen LogP contribution >= 0.6 is 0 Å². The highest BCUT2D eigenvalue weighted by Crippen LogP contribution is 2.24. The van der Waals surface area contributed by atoms with Crippen LogP contribution in [-0.2, 0) is 20.5 Å². The van der Waals surface area contributed by atoms with Gasteiger partial charge in [-0.3, -0.25) is 18.6 Å². The molecule has 0 amide bonds. The molecule has 0 spiro atoms. The third-order valence-electron chi connectivity index (χ3n) is 1.93. The topological polar surface area (TPSA) is 142 Å². The van der Waals surface area contributed by atoms with Crippen molar-refractivity contribution in [2.24, 2.45) is 0 Å². The lowest BCUT2D eigenvalue weighted by atomic mass is 10.2. The second kappa shape index (κ2) is 7.50. The van der Waals surface area contributed by atoms with Gasteiger partial charge in [-0.25, -0.2) is 0 Å². The van der Waals surface area contributed by atoms with Crippen LogP contribution in [-0.4, -0.2) is 35.5 Å². The summed E-state index contributed by atoms with van der Waals surface area (Å²) < 4.78 is 62.7. The Morgan fingerprint density at radius 3 is 2.00 bits per heavy atom. The molecule has 110 valence electrons. The highest BCUT2D eigenvalue weighted by molar-refractivity contribution is 7.86. The molecule has 3 N–H and O–H groups in total. The second-order valence-electron chi connectivity index (χ2n) is 3.49. The van der Waals surface area contributed by atoms with Crippen LogP contribution in [0.15, 0.2) is 24.4 Å². The molecule has 1 aromatic heterocycles. The molecule has 0 saturated carbocycles. The standard InChI is InChI=1S/C9H13NO3S.H2O4S/c1-2-5-9(14(11,12)13)8-6-3-4-7-10-8;1-5(2,3)4/h3-4,6-7,9H,2,5H2,1H3,(H,11,12,13);(H2,1,2,3,4). The SMILES string of the molecule is CCCC(c1ccccn1)S(=O)(=O)O.O=S(=O)(O)O. The molecule has 8 nitrogen and oxygen atoms in total. The molecule has 19 heavy (non-hydrogen) atoms. The molecular weight excluding hydrogens is 298 g/mol. The summed E-state index contributed by atoms with van der Waals surface area (Å²) in [4.78, 5) is 3.92. The molecule has 0 aliphatic carbocycles. The summed E-state index contributed by atoms with van der Waals surface area (Å²) in [5.41, 5.74) is 0.400. The van der Waals surface area contributed by atoms with Gasteiger partial charge in [0.25, 0.3) is 10.1 Å². The van der Waals surface area contributed by atoms with Gasteiger partial charge in [-0.2, -0.15) is 16.8 Å². The van der Waals surface area contributed by atoms with Gasteiger partial charge in [0.05, 0.1) is 5.69 Å². The molecule has 0 saturated heterocycles. The molecule has 0 aliphatic heterocycles. The summed E-state index contributed by atoms with van der Waals surface area (Å²) in [6.45, 7) is 1.86. The van der Waals surface area contributed by atoms with Crippen molar-refractivity contribution in [3.63, 3.8) is 0 Å². The van der Waals surface area contributed by atoms with Gasteiger partial charge in [-0.1, -0.05) is 19.4 Å². The number of hydrogen-bond donors (Lipinski definition) is 3. The minimum atomic E-state index is -4.67. The summed E-state index contributed by atoms with van der Waals surface area (Å²) in [5, 5.41) is -0.895. The predicted octanol–water partition coefficient (Wildman–Crippen LogP) is 1.16. The molecule has 0 fully saturated rings. The van der Waals surface area contributed by atoms with E-state index < -0.39 is 25.8 Å². The molecule has 1 atom stereocenters. The fraction of sp³-hybridized carbons (Fsp3) is 0.444. The van der Waals surface area contributed by atoms with Gasteiger partial charge in [0.15, 0.2) is 0 Å². The van der Waals surface area contributed by atoms with Crippen molar-refractivity contribution in [2.45, 2.75) is 25.0 Å². The van der Waals surface area contributed by atoms with Crippen molar-refractivity contribution in [1.29, 1.82) is 0 Å². The van der Waals surface area contributed by atoms with E-state index >= 15 is 0 Å². The normalized spacial score (nSPS) is 13.3. The number of aromatic nitrogens is 1. The zero-order valence-corrected chi connectivity index (χ0v) is 11.7. The molecule has 1 unspecified atom stereocenters. The number of hydrogen-bond acceptors (Lipinski definition) is 5. The summed E-state index contributed by atoms with van der Waals surface area (Å²) in [7, 11) is -8.71. The Morgan fingerprint density at radius 1 is 1.16 bits per heavy atom. The van der Waals surface area contributed by atoms with Gasteiger partial charge in [-0.05, 0) is 18.6 Å². The van der Waals surface area contributed by atoms with Crippen molar-refractivity contribution in [3.8, 4) is 0 Å². The van der Waals surface area contributed by atoms with Gasteiger partial charge in [0.2, 0.25) is 0 Å².